The van der Waals surface area contributed by atoms with Crippen LogP contribution in [0.1, 0.15) is 34.1 Å². The Morgan fingerprint density at radius 3 is 2.51 bits per heavy atom. The first-order valence-corrected chi connectivity index (χ1v) is 10.9. The lowest BCUT2D eigenvalue weighted by Crippen LogP contribution is -2.18. The summed E-state index contributed by atoms with van der Waals surface area (Å²) in [5.74, 6) is -0.623. The monoisotopic (exact) mass is 469 g/mol. The molecule has 3 aromatic carbocycles. The van der Waals surface area contributed by atoms with Gasteiger partial charge in [-0.3, -0.25) is 19.7 Å². The van der Waals surface area contributed by atoms with Crippen molar-refractivity contribution in [2.45, 2.75) is 20.4 Å². The number of para-hydroxylation sites is 1. The zero-order valence-electron chi connectivity index (χ0n) is 19.2. The molecule has 9 heteroatoms. The Kier molecular flexibility index (Phi) is 6.68. The third-order valence-electron chi connectivity index (χ3n) is 5.57. The number of nitro benzene ring substituents is 1. The molecule has 0 aliphatic carbocycles. The van der Waals surface area contributed by atoms with E-state index in [1.54, 1.807) is 42.6 Å². The highest BCUT2D eigenvalue weighted by Crippen LogP contribution is 2.26. The first-order chi connectivity index (χ1) is 16.8. The molecule has 35 heavy (non-hydrogen) atoms. The molecule has 0 saturated heterocycles. The average Bonchev–Trinajstić information content (AvgIpc) is 3.10. The minimum absolute atomic E-state index is 0.0500. The number of nitrogens with zero attached hydrogens (tertiary/aromatic N) is 3. The molecule has 2 amide bonds. The molecule has 1 heterocycles. The van der Waals surface area contributed by atoms with E-state index in [4.69, 9.17) is 0 Å². The third kappa shape index (κ3) is 5.25. The van der Waals surface area contributed by atoms with Crippen molar-refractivity contribution >= 4 is 40.3 Å². The Labute approximate surface area is 201 Å². The van der Waals surface area contributed by atoms with Crippen LogP contribution in [-0.2, 0) is 11.3 Å². The maximum atomic E-state index is 12.6. The van der Waals surface area contributed by atoms with E-state index in [9.17, 15) is 19.7 Å². The predicted octanol–water partition coefficient (Wildman–Crippen LogP) is 4.63. The van der Waals surface area contributed by atoms with E-state index >= 15 is 0 Å². The van der Waals surface area contributed by atoms with E-state index in [1.165, 1.54) is 19.1 Å². The largest absolute Gasteiger partial charge is 0.340 e. The summed E-state index contributed by atoms with van der Waals surface area (Å²) in [6.45, 7) is 3.89. The highest BCUT2D eigenvalue weighted by atomic mass is 16.6. The number of hydrogen-bond acceptors (Lipinski definition) is 5. The fraction of sp³-hybridized carbons (Fsp3) is 0.115. The second kappa shape index (κ2) is 10.0. The standard InChI is InChI=1S/C26H23N5O4/c1-17-24(15-27-29-26(33)20-6-5-7-21(14-20)28-18(2)32)23-8-3-4-9-25(23)30(17)16-19-10-12-22(13-11-19)31(34)35/h3-15H,16H2,1-2H3,(H,28,32)(H,29,33)/b27-15-. The minimum Gasteiger partial charge on any atom is -0.340 e. The number of fused-ring (bicyclic) bond motifs is 1. The normalized spacial score (nSPS) is 11.0. The number of benzene rings is 3. The summed E-state index contributed by atoms with van der Waals surface area (Å²) in [5.41, 5.74) is 7.19. The van der Waals surface area contributed by atoms with Crippen LogP contribution in [0.2, 0.25) is 0 Å². The summed E-state index contributed by atoms with van der Waals surface area (Å²) in [4.78, 5) is 34.3. The number of amides is 2. The zero-order chi connectivity index (χ0) is 24.9. The van der Waals surface area contributed by atoms with Gasteiger partial charge in [0.15, 0.2) is 0 Å². The highest BCUT2D eigenvalue weighted by Gasteiger charge is 2.14. The summed E-state index contributed by atoms with van der Waals surface area (Å²) >= 11 is 0. The smallest absolute Gasteiger partial charge is 0.271 e. The first kappa shape index (κ1) is 23.4. The van der Waals surface area contributed by atoms with Gasteiger partial charge in [-0.05, 0) is 36.8 Å². The summed E-state index contributed by atoms with van der Waals surface area (Å²) in [7, 11) is 0. The topological polar surface area (TPSA) is 119 Å². The molecule has 0 saturated carbocycles. The second-order valence-electron chi connectivity index (χ2n) is 7.99. The van der Waals surface area contributed by atoms with Crippen molar-refractivity contribution in [3.8, 4) is 0 Å². The van der Waals surface area contributed by atoms with Crippen LogP contribution < -0.4 is 10.7 Å². The second-order valence-corrected chi connectivity index (χ2v) is 7.99. The van der Waals surface area contributed by atoms with Crippen molar-refractivity contribution in [3.63, 3.8) is 0 Å². The summed E-state index contributed by atoms with van der Waals surface area (Å²) in [6.07, 6.45) is 1.61. The van der Waals surface area contributed by atoms with Crippen LogP contribution >= 0.6 is 0 Å². The van der Waals surface area contributed by atoms with Gasteiger partial charge in [0.05, 0.1) is 11.1 Å². The van der Waals surface area contributed by atoms with Crippen LogP contribution in [-0.4, -0.2) is 27.5 Å². The van der Waals surface area contributed by atoms with Gasteiger partial charge in [0.2, 0.25) is 5.91 Å². The molecule has 0 atom stereocenters. The molecule has 0 radical (unpaired) electrons. The lowest BCUT2D eigenvalue weighted by atomic mass is 10.1. The number of carbonyl (C=O) groups is 2. The van der Waals surface area contributed by atoms with E-state index in [0.717, 1.165) is 27.7 Å². The van der Waals surface area contributed by atoms with Crippen LogP contribution in [0.25, 0.3) is 10.9 Å². The van der Waals surface area contributed by atoms with Gasteiger partial charge in [-0.25, -0.2) is 5.43 Å². The molecule has 2 N–H and O–H groups in total. The van der Waals surface area contributed by atoms with Crippen LogP contribution in [0.3, 0.4) is 0 Å². The maximum absolute atomic E-state index is 12.6. The maximum Gasteiger partial charge on any atom is 0.271 e. The van der Waals surface area contributed by atoms with Crippen molar-refractivity contribution in [2.24, 2.45) is 5.10 Å². The predicted molar refractivity (Wildman–Crippen MR) is 135 cm³/mol. The van der Waals surface area contributed by atoms with Crippen LogP contribution in [0.4, 0.5) is 11.4 Å². The Balaban J connectivity index is 1.57. The molecule has 4 aromatic rings. The molecular formula is C26H23N5O4. The van der Waals surface area contributed by atoms with E-state index in [2.05, 4.69) is 20.4 Å². The van der Waals surface area contributed by atoms with E-state index < -0.39 is 10.8 Å². The van der Waals surface area contributed by atoms with Crippen LogP contribution in [0, 0.1) is 17.0 Å². The van der Waals surface area contributed by atoms with E-state index in [-0.39, 0.29) is 11.6 Å². The van der Waals surface area contributed by atoms with Gasteiger partial charge < -0.3 is 9.88 Å². The Morgan fingerprint density at radius 2 is 1.80 bits per heavy atom. The SMILES string of the molecule is CC(=O)Nc1cccc(C(=O)N/N=C\c2c(C)n(Cc3ccc([N+](=O)[O-])cc3)c3ccccc23)c1. The first-order valence-electron chi connectivity index (χ1n) is 10.9. The van der Waals surface area contributed by atoms with Crippen molar-refractivity contribution in [1.82, 2.24) is 9.99 Å². The number of carbonyl (C=O) groups excluding carboxylic acids is 2. The molecule has 0 aliphatic heterocycles. The zero-order valence-corrected chi connectivity index (χ0v) is 19.2. The Hall–Kier alpha value is -4.79. The molecule has 0 unspecified atom stereocenters. The molecular weight excluding hydrogens is 446 g/mol. The van der Waals surface area contributed by atoms with Crippen molar-refractivity contribution in [3.05, 3.63) is 105 Å². The van der Waals surface area contributed by atoms with Gasteiger partial charge in [-0.2, -0.15) is 5.10 Å². The van der Waals surface area contributed by atoms with Gasteiger partial charge in [0, 0.05) is 59.0 Å². The number of non-ortho nitro benzene ring substituents is 1. The van der Waals surface area contributed by atoms with Gasteiger partial charge in [-0.15, -0.1) is 0 Å². The molecule has 0 aliphatic rings. The molecule has 4 rings (SSSR count). The fourth-order valence-corrected chi connectivity index (χ4v) is 3.89. The summed E-state index contributed by atoms with van der Waals surface area (Å²) < 4.78 is 2.11. The average molecular weight is 470 g/mol. The molecule has 0 fully saturated rings. The number of hydrogen-bond donors (Lipinski definition) is 2. The number of anilines is 1. The molecule has 0 bridgehead atoms. The van der Waals surface area contributed by atoms with E-state index in [1.807, 2.05) is 31.2 Å². The third-order valence-corrected chi connectivity index (χ3v) is 5.57. The quantitative estimate of drug-likeness (QED) is 0.233. The highest BCUT2D eigenvalue weighted by molar-refractivity contribution is 6.02. The Bertz CT molecular complexity index is 1450. The molecule has 0 spiro atoms. The number of aromatic nitrogens is 1. The fourth-order valence-electron chi connectivity index (χ4n) is 3.89. The summed E-state index contributed by atoms with van der Waals surface area (Å²) in [6, 6.07) is 20.9. The van der Waals surface area contributed by atoms with Crippen molar-refractivity contribution in [1.29, 1.82) is 0 Å². The molecule has 1 aromatic heterocycles. The molecule has 176 valence electrons. The lowest BCUT2D eigenvalue weighted by Gasteiger charge is -2.08. The minimum atomic E-state index is -0.418. The van der Waals surface area contributed by atoms with Gasteiger partial charge in [0.25, 0.3) is 11.6 Å². The summed E-state index contributed by atoms with van der Waals surface area (Å²) in [5, 5.41) is 18.7. The van der Waals surface area contributed by atoms with Gasteiger partial charge >= 0.3 is 0 Å². The van der Waals surface area contributed by atoms with Gasteiger partial charge in [-0.1, -0.05) is 36.4 Å². The number of nitro groups is 1. The van der Waals surface area contributed by atoms with Gasteiger partial charge in [0.1, 0.15) is 0 Å². The van der Waals surface area contributed by atoms with Crippen LogP contribution in [0.15, 0.2) is 77.9 Å². The number of hydrazone groups is 1. The Morgan fingerprint density at radius 1 is 1.06 bits per heavy atom. The van der Waals surface area contributed by atoms with Crippen molar-refractivity contribution in [2.75, 3.05) is 5.32 Å². The number of nitrogens with one attached hydrogen (secondary N) is 2. The van der Waals surface area contributed by atoms with Crippen molar-refractivity contribution < 1.29 is 14.5 Å². The lowest BCUT2D eigenvalue weighted by molar-refractivity contribution is -0.384. The molecule has 9 nitrogen and oxygen atoms in total. The number of rotatable bonds is 7. The van der Waals surface area contributed by atoms with Crippen LogP contribution in [0.5, 0.6) is 0 Å². The van der Waals surface area contributed by atoms with E-state index in [0.29, 0.717) is 17.8 Å².